The smallest absolute Gasteiger partial charge is 0.257 e. The van der Waals surface area contributed by atoms with Crippen LogP contribution >= 0.6 is 11.8 Å². The zero-order chi connectivity index (χ0) is 15.9. The van der Waals surface area contributed by atoms with Gasteiger partial charge in [-0.25, -0.2) is 9.37 Å². The molecule has 0 bridgehead atoms. The molecule has 1 atom stereocenters. The Morgan fingerprint density at radius 2 is 2.14 bits per heavy atom. The van der Waals surface area contributed by atoms with Crippen LogP contribution in [-0.2, 0) is 4.79 Å². The summed E-state index contributed by atoms with van der Waals surface area (Å²) >= 11 is 1.27. The number of fused-ring (bicyclic) bond motifs is 1. The minimum atomic E-state index is -0.629. The van der Waals surface area contributed by atoms with Crippen LogP contribution in [0.1, 0.15) is 29.0 Å². The number of nitrogens with zero attached hydrogens (tertiary/aromatic N) is 1. The number of rotatable bonds is 2. The highest BCUT2D eigenvalue weighted by atomic mass is 32.2. The maximum atomic E-state index is 14.4. The van der Waals surface area contributed by atoms with Crippen LogP contribution in [0.2, 0.25) is 0 Å². The fourth-order valence-electron chi connectivity index (χ4n) is 2.65. The summed E-state index contributed by atoms with van der Waals surface area (Å²) in [5, 5.41) is 3.01. The number of H-pyrrole nitrogens is 1. The number of amides is 1. The second kappa shape index (κ2) is 5.57. The number of hydrogen-bond acceptors (Lipinski definition) is 4. The lowest BCUT2D eigenvalue weighted by Crippen LogP contribution is -2.31. The van der Waals surface area contributed by atoms with Crippen molar-refractivity contribution in [1.29, 1.82) is 0 Å². The standard InChI is InChI=1S/C15H14FN3O2S/c1-7-4-3-5-8(12(7)16)9-6-10(20)17-13-11(9)14(21)19-15(18-13)22-2/h3-5,9H,6H2,1-2H3,(H2,17,18,19,20,21). The van der Waals surface area contributed by atoms with Crippen molar-refractivity contribution in [3.8, 4) is 0 Å². The normalized spacial score (nSPS) is 17.0. The molecule has 1 aromatic carbocycles. The SMILES string of the molecule is CSc1nc2c(c(=O)[nH]1)C(c1cccc(C)c1F)CC(=O)N2. The Hall–Kier alpha value is -2.15. The summed E-state index contributed by atoms with van der Waals surface area (Å²) in [6.07, 6.45) is 1.80. The molecule has 5 nitrogen and oxygen atoms in total. The van der Waals surface area contributed by atoms with Crippen molar-refractivity contribution in [3.63, 3.8) is 0 Å². The lowest BCUT2D eigenvalue weighted by atomic mass is 9.86. The highest BCUT2D eigenvalue weighted by Crippen LogP contribution is 2.35. The van der Waals surface area contributed by atoms with Gasteiger partial charge >= 0.3 is 0 Å². The molecule has 114 valence electrons. The largest absolute Gasteiger partial charge is 0.310 e. The van der Waals surface area contributed by atoms with Crippen molar-refractivity contribution in [3.05, 3.63) is 51.1 Å². The van der Waals surface area contributed by atoms with Gasteiger partial charge in [-0.2, -0.15) is 0 Å². The first kappa shape index (κ1) is 14.8. The number of aryl methyl sites for hydroxylation is 1. The lowest BCUT2D eigenvalue weighted by Gasteiger charge is -2.25. The summed E-state index contributed by atoms with van der Waals surface area (Å²) in [4.78, 5) is 31.2. The van der Waals surface area contributed by atoms with E-state index >= 15 is 0 Å². The lowest BCUT2D eigenvalue weighted by molar-refractivity contribution is -0.116. The van der Waals surface area contributed by atoms with E-state index in [4.69, 9.17) is 0 Å². The van der Waals surface area contributed by atoms with Crippen LogP contribution in [-0.4, -0.2) is 22.1 Å². The highest BCUT2D eigenvalue weighted by molar-refractivity contribution is 7.98. The summed E-state index contributed by atoms with van der Waals surface area (Å²) in [6, 6.07) is 4.98. The van der Waals surface area contributed by atoms with E-state index in [-0.39, 0.29) is 29.5 Å². The van der Waals surface area contributed by atoms with Crippen LogP contribution in [0.4, 0.5) is 10.2 Å². The molecule has 0 fully saturated rings. The van der Waals surface area contributed by atoms with Gasteiger partial charge in [0.1, 0.15) is 11.6 Å². The van der Waals surface area contributed by atoms with Crippen molar-refractivity contribution in [1.82, 2.24) is 9.97 Å². The number of carbonyl (C=O) groups excluding carboxylic acids is 1. The van der Waals surface area contributed by atoms with Crippen LogP contribution in [0.3, 0.4) is 0 Å². The summed E-state index contributed by atoms with van der Waals surface area (Å²) < 4.78 is 14.4. The maximum absolute atomic E-state index is 14.4. The van der Waals surface area contributed by atoms with Gasteiger partial charge in [-0.05, 0) is 24.3 Å². The molecule has 22 heavy (non-hydrogen) atoms. The third-order valence-corrected chi connectivity index (χ3v) is 4.30. The Morgan fingerprint density at radius 1 is 1.36 bits per heavy atom. The van der Waals surface area contributed by atoms with Gasteiger partial charge in [0.2, 0.25) is 5.91 Å². The van der Waals surface area contributed by atoms with Crippen LogP contribution in [0.5, 0.6) is 0 Å². The number of thioether (sulfide) groups is 1. The van der Waals surface area contributed by atoms with Gasteiger partial charge < -0.3 is 10.3 Å². The molecule has 1 aromatic heterocycles. The van der Waals surface area contributed by atoms with Gasteiger partial charge in [-0.3, -0.25) is 9.59 Å². The molecule has 7 heteroatoms. The Kier molecular flexibility index (Phi) is 3.74. The van der Waals surface area contributed by atoms with Crippen molar-refractivity contribution in [2.24, 2.45) is 0 Å². The van der Waals surface area contributed by atoms with E-state index in [0.717, 1.165) is 0 Å². The van der Waals surface area contributed by atoms with Crippen molar-refractivity contribution in [2.45, 2.75) is 24.4 Å². The Labute approximate surface area is 130 Å². The molecular formula is C15H14FN3O2S. The Balaban J connectivity index is 2.22. The second-order valence-corrected chi connectivity index (χ2v) is 5.92. The molecule has 2 aromatic rings. The number of carbonyl (C=O) groups is 1. The quantitative estimate of drug-likeness (QED) is 0.658. The molecule has 0 saturated heterocycles. The molecule has 2 N–H and O–H groups in total. The number of aromatic nitrogens is 2. The number of nitrogens with one attached hydrogen (secondary N) is 2. The fraction of sp³-hybridized carbons (Fsp3) is 0.267. The molecule has 2 heterocycles. The van der Waals surface area contributed by atoms with Crippen LogP contribution in [0.15, 0.2) is 28.2 Å². The van der Waals surface area contributed by atoms with Crippen molar-refractivity contribution in [2.75, 3.05) is 11.6 Å². The highest BCUT2D eigenvalue weighted by Gasteiger charge is 2.32. The average Bonchev–Trinajstić information content (AvgIpc) is 2.48. The summed E-state index contributed by atoms with van der Waals surface area (Å²) in [5.74, 6) is -1.07. The summed E-state index contributed by atoms with van der Waals surface area (Å²) in [5.41, 5.74) is 0.789. The summed E-state index contributed by atoms with van der Waals surface area (Å²) in [7, 11) is 0. The van der Waals surface area contributed by atoms with Gasteiger partial charge in [-0.15, -0.1) is 0 Å². The predicted molar refractivity (Wildman–Crippen MR) is 82.9 cm³/mol. The zero-order valence-electron chi connectivity index (χ0n) is 12.1. The first-order chi connectivity index (χ1) is 10.5. The topological polar surface area (TPSA) is 74.8 Å². The Morgan fingerprint density at radius 3 is 2.86 bits per heavy atom. The van der Waals surface area contributed by atoms with Crippen LogP contribution in [0, 0.1) is 12.7 Å². The summed E-state index contributed by atoms with van der Waals surface area (Å²) in [6.45, 7) is 1.65. The van der Waals surface area contributed by atoms with E-state index in [1.807, 2.05) is 0 Å². The molecule has 0 saturated carbocycles. The first-order valence-electron chi connectivity index (χ1n) is 6.74. The van der Waals surface area contributed by atoms with Gasteiger partial charge in [0, 0.05) is 12.3 Å². The molecule has 3 rings (SSSR count). The van der Waals surface area contributed by atoms with Gasteiger partial charge in [-0.1, -0.05) is 30.0 Å². The van der Waals surface area contributed by atoms with E-state index in [9.17, 15) is 14.0 Å². The molecule has 1 unspecified atom stereocenters. The number of aromatic amines is 1. The number of hydrogen-bond donors (Lipinski definition) is 2. The van der Waals surface area contributed by atoms with Gasteiger partial charge in [0.25, 0.3) is 5.56 Å². The van der Waals surface area contributed by atoms with E-state index in [2.05, 4.69) is 15.3 Å². The van der Waals surface area contributed by atoms with E-state index in [0.29, 0.717) is 21.8 Å². The number of anilines is 1. The van der Waals surface area contributed by atoms with Crippen LogP contribution in [0.25, 0.3) is 0 Å². The zero-order valence-corrected chi connectivity index (χ0v) is 12.9. The van der Waals surface area contributed by atoms with Gasteiger partial charge in [0.15, 0.2) is 5.16 Å². The monoisotopic (exact) mass is 319 g/mol. The number of benzene rings is 1. The number of halogens is 1. The second-order valence-electron chi connectivity index (χ2n) is 5.12. The van der Waals surface area contributed by atoms with Crippen molar-refractivity contribution < 1.29 is 9.18 Å². The van der Waals surface area contributed by atoms with Gasteiger partial charge in [0.05, 0.1) is 5.56 Å². The minimum Gasteiger partial charge on any atom is -0.310 e. The molecule has 0 aliphatic carbocycles. The molecule has 1 aliphatic rings. The predicted octanol–water partition coefficient (Wildman–Crippen LogP) is 2.41. The Bertz CT molecular complexity index is 819. The van der Waals surface area contributed by atoms with E-state index in [1.54, 1.807) is 31.4 Å². The van der Waals surface area contributed by atoms with Crippen molar-refractivity contribution >= 4 is 23.5 Å². The molecular weight excluding hydrogens is 305 g/mol. The molecule has 1 aliphatic heterocycles. The third-order valence-electron chi connectivity index (χ3n) is 3.72. The van der Waals surface area contributed by atoms with E-state index < -0.39 is 5.92 Å². The molecule has 0 radical (unpaired) electrons. The van der Waals surface area contributed by atoms with E-state index in [1.165, 1.54) is 11.8 Å². The minimum absolute atomic E-state index is 0.0246. The molecule has 1 amide bonds. The van der Waals surface area contributed by atoms with Crippen LogP contribution < -0.4 is 10.9 Å². The average molecular weight is 319 g/mol. The maximum Gasteiger partial charge on any atom is 0.257 e. The molecule has 0 spiro atoms. The fourth-order valence-corrected chi connectivity index (χ4v) is 3.03. The third kappa shape index (κ3) is 2.41. The first-order valence-corrected chi connectivity index (χ1v) is 7.96.